The summed E-state index contributed by atoms with van der Waals surface area (Å²) in [6.07, 6.45) is 41.6. The zero-order valence-corrected chi connectivity index (χ0v) is 33.6. The summed E-state index contributed by atoms with van der Waals surface area (Å²) in [4.78, 5) is 34.9. The van der Waals surface area contributed by atoms with Gasteiger partial charge in [-0.05, 0) is 83.5 Å². The predicted molar refractivity (Wildman–Crippen MR) is 214 cm³/mol. The van der Waals surface area contributed by atoms with Crippen molar-refractivity contribution in [2.45, 2.75) is 154 Å². The van der Waals surface area contributed by atoms with Crippen LogP contribution in [-0.4, -0.2) is 65.7 Å². The molecule has 0 amide bonds. The fourth-order valence-electron chi connectivity index (χ4n) is 4.78. The zero-order valence-electron chi connectivity index (χ0n) is 32.7. The molecule has 0 aliphatic carbocycles. The van der Waals surface area contributed by atoms with Crippen LogP contribution in [-0.2, 0) is 32.7 Å². The number of aliphatic hydroxyl groups excluding tert-OH is 2. The van der Waals surface area contributed by atoms with Crippen molar-refractivity contribution < 1.29 is 47.8 Å². The molecule has 1 unspecified atom stereocenters. The van der Waals surface area contributed by atoms with E-state index in [9.17, 15) is 24.2 Å². The van der Waals surface area contributed by atoms with Crippen LogP contribution in [0.25, 0.3) is 0 Å². The van der Waals surface area contributed by atoms with Gasteiger partial charge in [-0.25, -0.2) is 4.57 Å². The van der Waals surface area contributed by atoms with E-state index in [1.165, 1.54) is 19.3 Å². The Morgan fingerprint density at radius 1 is 0.585 bits per heavy atom. The van der Waals surface area contributed by atoms with Crippen LogP contribution in [0.15, 0.2) is 72.9 Å². The first-order valence-corrected chi connectivity index (χ1v) is 21.4. The highest BCUT2D eigenvalue weighted by Gasteiger charge is 2.27. The van der Waals surface area contributed by atoms with E-state index in [0.717, 1.165) is 83.5 Å². The van der Waals surface area contributed by atoms with Gasteiger partial charge in [0.1, 0.15) is 12.7 Å². The number of phosphoric acid groups is 1. The predicted octanol–water partition coefficient (Wildman–Crippen LogP) is 10.1. The highest BCUT2D eigenvalue weighted by atomic mass is 31.2. The normalized spacial score (nSPS) is 14.7. The molecule has 0 aromatic rings. The van der Waals surface area contributed by atoms with Crippen molar-refractivity contribution in [1.82, 2.24) is 0 Å². The molecule has 53 heavy (non-hydrogen) atoms. The van der Waals surface area contributed by atoms with Crippen LogP contribution in [0.5, 0.6) is 0 Å². The maximum atomic E-state index is 12.6. The van der Waals surface area contributed by atoms with Crippen molar-refractivity contribution >= 4 is 19.8 Å². The maximum absolute atomic E-state index is 12.6. The number of allylic oxidation sites excluding steroid dienone is 12. The molecular weight excluding hydrogens is 695 g/mol. The molecule has 0 radical (unpaired) electrons. The second kappa shape index (κ2) is 37.7. The Morgan fingerprint density at radius 2 is 1.04 bits per heavy atom. The third-order valence-electron chi connectivity index (χ3n) is 7.84. The third-order valence-corrected chi connectivity index (χ3v) is 8.80. The van der Waals surface area contributed by atoms with Crippen molar-refractivity contribution in [3.8, 4) is 0 Å². The standard InChI is InChI=1S/C42H71O10P/c1-3-5-7-9-11-13-15-17-19-21-23-25-27-29-31-33-41(45)49-37-40(38-51-53(47,48)50-36-39(44)35-43)52-42(46)34-32-30-28-26-24-22-20-18-16-14-12-10-8-6-4-2/h5,7,11-14,17-20,24,26,39-40,43-44H,3-4,6,8-10,15-16,21-23,25,27-38H2,1-2H3,(H,47,48)/b7-5+,13-11+,14-12+,19-17+,20-18+,26-24+/t39-,40+/m0/s1. The minimum absolute atomic E-state index is 0.128. The van der Waals surface area contributed by atoms with Crippen LogP contribution < -0.4 is 0 Å². The lowest BCUT2D eigenvalue weighted by molar-refractivity contribution is -0.161. The molecule has 0 aromatic heterocycles. The van der Waals surface area contributed by atoms with Crippen molar-refractivity contribution in [1.29, 1.82) is 0 Å². The van der Waals surface area contributed by atoms with Crippen LogP contribution in [0.3, 0.4) is 0 Å². The van der Waals surface area contributed by atoms with E-state index in [1.54, 1.807) is 0 Å². The summed E-state index contributed by atoms with van der Waals surface area (Å²) in [6.45, 7) is 2.14. The Hall–Kier alpha value is -2.59. The van der Waals surface area contributed by atoms with E-state index < -0.39 is 51.8 Å². The molecule has 10 nitrogen and oxygen atoms in total. The smallest absolute Gasteiger partial charge is 0.462 e. The highest BCUT2D eigenvalue weighted by molar-refractivity contribution is 7.47. The molecule has 3 atom stereocenters. The Balaban J connectivity index is 4.46. The molecule has 0 aliphatic rings. The van der Waals surface area contributed by atoms with Crippen molar-refractivity contribution in [2.75, 3.05) is 26.4 Å². The molecule has 0 heterocycles. The number of rotatable bonds is 36. The van der Waals surface area contributed by atoms with Crippen LogP contribution in [0.4, 0.5) is 0 Å². The number of hydrogen-bond donors (Lipinski definition) is 3. The van der Waals surface area contributed by atoms with Crippen molar-refractivity contribution in [3.05, 3.63) is 72.9 Å². The minimum atomic E-state index is -4.63. The number of ether oxygens (including phenoxy) is 2. The Bertz CT molecular complexity index is 1110. The van der Waals surface area contributed by atoms with Crippen LogP contribution in [0.1, 0.15) is 142 Å². The fourth-order valence-corrected chi connectivity index (χ4v) is 5.57. The van der Waals surface area contributed by atoms with Gasteiger partial charge in [-0.2, -0.15) is 0 Å². The second-order valence-electron chi connectivity index (χ2n) is 12.9. The first kappa shape index (κ1) is 50.4. The molecule has 0 spiro atoms. The topological polar surface area (TPSA) is 149 Å². The Labute approximate surface area is 320 Å². The second-order valence-corrected chi connectivity index (χ2v) is 14.4. The van der Waals surface area contributed by atoms with E-state index in [1.807, 2.05) is 0 Å². The third kappa shape index (κ3) is 37.5. The molecule has 0 saturated carbocycles. The van der Waals surface area contributed by atoms with Gasteiger partial charge in [0.05, 0.1) is 19.8 Å². The van der Waals surface area contributed by atoms with Gasteiger partial charge in [-0.1, -0.05) is 119 Å². The van der Waals surface area contributed by atoms with Gasteiger partial charge >= 0.3 is 19.8 Å². The number of phosphoric ester groups is 1. The minimum Gasteiger partial charge on any atom is -0.462 e. The van der Waals surface area contributed by atoms with Gasteiger partial charge in [0, 0.05) is 12.8 Å². The number of hydrogen-bond acceptors (Lipinski definition) is 9. The number of aliphatic hydroxyl groups is 2. The van der Waals surface area contributed by atoms with Gasteiger partial charge < -0.3 is 24.6 Å². The number of esters is 2. The van der Waals surface area contributed by atoms with Gasteiger partial charge in [0.25, 0.3) is 0 Å². The molecule has 304 valence electrons. The Morgan fingerprint density at radius 3 is 1.60 bits per heavy atom. The summed E-state index contributed by atoms with van der Waals surface area (Å²) in [5.74, 6) is -0.998. The summed E-state index contributed by atoms with van der Waals surface area (Å²) in [6, 6.07) is 0. The number of unbranched alkanes of at least 4 members (excludes halogenated alkanes) is 10. The quantitative estimate of drug-likeness (QED) is 0.0243. The molecule has 0 aromatic carbocycles. The van der Waals surface area contributed by atoms with Crippen molar-refractivity contribution in [2.24, 2.45) is 0 Å². The van der Waals surface area contributed by atoms with Crippen LogP contribution in [0.2, 0.25) is 0 Å². The highest BCUT2D eigenvalue weighted by Crippen LogP contribution is 2.43. The molecule has 0 aliphatic heterocycles. The number of carbonyl (C=O) groups is 2. The van der Waals surface area contributed by atoms with Crippen molar-refractivity contribution in [3.63, 3.8) is 0 Å². The van der Waals surface area contributed by atoms with E-state index in [4.69, 9.17) is 19.1 Å². The van der Waals surface area contributed by atoms with Gasteiger partial charge in [0.2, 0.25) is 0 Å². The van der Waals surface area contributed by atoms with E-state index in [0.29, 0.717) is 12.8 Å². The molecule has 0 fully saturated rings. The first-order valence-electron chi connectivity index (χ1n) is 19.9. The van der Waals surface area contributed by atoms with Crippen LogP contribution >= 0.6 is 7.82 Å². The Kier molecular flexibility index (Phi) is 35.9. The lowest BCUT2D eigenvalue weighted by atomic mass is 10.1. The SMILES string of the molecule is CC/C=C/C/C=C/C/C=C/CCCCCCCC(=O)OC[C@H](COP(=O)(O)OC[C@@H](O)CO)OC(=O)CCCC/C=C/C/C=C/C/C=C/CCCCC. The maximum Gasteiger partial charge on any atom is 0.472 e. The summed E-state index contributed by atoms with van der Waals surface area (Å²) in [5.41, 5.74) is 0. The monoisotopic (exact) mass is 766 g/mol. The molecule has 0 saturated heterocycles. The summed E-state index contributed by atoms with van der Waals surface area (Å²) >= 11 is 0. The molecule has 11 heteroatoms. The summed E-state index contributed by atoms with van der Waals surface area (Å²) < 4.78 is 32.6. The fraction of sp³-hybridized carbons (Fsp3) is 0.667. The lowest BCUT2D eigenvalue weighted by Crippen LogP contribution is -2.29. The average Bonchev–Trinajstić information content (AvgIpc) is 3.14. The lowest BCUT2D eigenvalue weighted by Gasteiger charge is -2.20. The molecular formula is C42H71O10P. The summed E-state index contributed by atoms with van der Waals surface area (Å²) in [7, 11) is -4.63. The zero-order chi connectivity index (χ0) is 39.1. The van der Waals surface area contributed by atoms with E-state index in [-0.39, 0.29) is 19.4 Å². The van der Waals surface area contributed by atoms with Gasteiger partial charge in [-0.3, -0.25) is 18.6 Å². The van der Waals surface area contributed by atoms with E-state index in [2.05, 4.69) is 91.3 Å². The molecule has 0 bridgehead atoms. The first-order chi connectivity index (χ1) is 25.7. The summed E-state index contributed by atoms with van der Waals surface area (Å²) in [5, 5.41) is 18.3. The van der Waals surface area contributed by atoms with Gasteiger partial charge in [-0.15, -0.1) is 0 Å². The van der Waals surface area contributed by atoms with Crippen LogP contribution in [0, 0.1) is 0 Å². The average molecular weight is 767 g/mol. The van der Waals surface area contributed by atoms with Gasteiger partial charge in [0.15, 0.2) is 6.10 Å². The van der Waals surface area contributed by atoms with E-state index >= 15 is 0 Å². The molecule has 3 N–H and O–H groups in total. The molecule has 0 rings (SSSR count). The number of carbonyl (C=O) groups excluding carboxylic acids is 2. The largest absolute Gasteiger partial charge is 0.472 e.